The number of ether oxygens (including phenoxy) is 2. The summed E-state index contributed by atoms with van der Waals surface area (Å²) in [5, 5.41) is 0. The van der Waals surface area contributed by atoms with Gasteiger partial charge in [0.1, 0.15) is 11.6 Å². The van der Waals surface area contributed by atoms with Gasteiger partial charge in [-0.15, -0.1) is 0 Å². The second kappa shape index (κ2) is 9.28. The molecule has 0 aliphatic carbocycles. The summed E-state index contributed by atoms with van der Waals surface area (Å²) >= 11 is 0. The normalized spacial score (nSPS) is 10.0. The maximum Gasteiger partial charge on any atom is 0.133 e. The maximum absolute atomic E-state index is 13.1. The van der Waals surface area contributed by atoms with Gasteiger partial charge in [0, 0.05) is 12.7 Å². The van der Waals surface area contributed by atoms with Gasteiger partial charge in [-0.05, 0) is 43.2 Å². The van der Waals surface area contributed by atoms with E-state index in [-0.39, 0.29) is 5.56 Å². The third-order valence-corrected chi connectivity index (χ3v) is 2.11. The molecule has 0 N–H and O–H groups in total. The maximum atomic E-state index is 13.1. The van der Waals surface area contributed by atoms with E-state index >= 15 is 0 Å². The van der Waals surface area contributed by atoms with E-state index in [1.54, 1.807) is 40.4 Å². The van der Waals surface area contributed by atoms with Crippen LogP contribution in [0.4, 0.5) is 8.78 Å². The minimum Gasteiger partial charge on any atom is -0.505 e. The smallest absolute Gasteiger partial charge is 0.133 e. The van der Waals surface area contributed by atoms with Gasteiger partial charge >= 0.3 is 0 Å². The van der Waals surface area contributed by atoms with Crippen molar-refractivity contribution in [3.05, 3.63) is 53.8 Å². The van der Waals surface area contributed by atoms with E-state index in [1.165, 1.54) is 12.1 Å². The van der Waals surface area contributed by atoms with Gasteiger partial charge in [-0.1, -0.05) is 6.58 Å². The van der Waals surface area contributed by atoms with Crippen molar-refractivity contribution in [2.45, 2.75) is 13.8 Å². The van der Waals surface area contributed by atoms with Crippen LogP contribution in [0.25, 0.3) is 5.57 Å². The van der Waals surface area contributed by atoms with Gasteiger partial charge in [0.25, 0.3) is 0 Å². The predicted octanol–water partition coefficient (Wildman–Crippen LogP) is 4.10. The van der Waals surface area contributed by atoms with Gasteiger partial charge < -0.3 is 9.47 Å². The van der Waals surface area contributed by atoms with Gasteiger partial charge in [0.05, 0.1) is 20.0 Å². The summed E-state index contributed by atoms with van der Waals surface area (Å²) < 4.78 is 35.4. The van der Waals surface area contributed by atoms with E-state index in [0.29, 0.717) is 17.7 Å². The lowest BCUT2D eigenvalue weighted by molar-refractivity contribution is 0.229. The molecule has 1 rings (SSSR count). The number of methoxy groups -OCH3 is 2. The molecule has 106 valence electrons. The third kappa shape index (κ3) is 6.72. The zero-order valence-electron chi connectivity index (χ0n) is 11.8. The van der Waals surface area contributed by atoms with Crippen LogP contribution in [-0.4, -0.2) is 20.8 Å². The fraction of sp³-hybridized carbons (Fsp3) is 0.333. The lowest BCUT2D eigenvalue weighted by Crippen LogP contribution is -1.93. The van der Waals surface area contributed by atoms with E-state index in [0.717, 1.165) is 0 Å². The molecule has 0 bridgehead atoms. The molecule has 0 atom stereocenters. The lowest BCUT2D eigenvalue weighted by atomic mass is 10.1. The Labute approximate surface area is 113 Å². The molecule has 1 aromatic carbocycles. The molecule has 0 amide bonds. The van der Waals surface area contributed by atoms with Crippen molar-refractivity contribution < 1.29 is 18.3 Å². The van der Waals surface area contributed by atoms with Gasteiger partial charge in [0.2, 0.25) is 0 Å². The van der Waals surface area contributed by atoms with E-state index in [4.69, 9.17) is 0 Å². The predicted molar refractivity (Wildman–Crippen MR) is 73.8 cm³/mol. The Hall–Kier alpha value is -1.68. The Morgan fingerprint density at radius 3 is 2.16 bits per heavy atom. The zero-order chi connectivity index (χ0) is 14.8. The first-order chi connectivity index (χ1) is 8.93. The summed E-state index contributed by atoms with van der Waals surface area (Å²) in [7, 11) is 3.24. The number of halogens is 2. The number of hydrogen-bond donors (Lipinski definition) is 0. The fourth-order valence-corrected chi connectivity index (χ4v) is 1.34. The third-order valence-electron chi connectivity index (χ3n) is 2.11. The quantitative estimate of drug-likeness (QED) is 0.767. The molecular weight excluding hydrogens is 250 g/mol. The minimum atomic E-state index is -0.542. The summed E-state index contributed by atoms with van der Waals surface area (Å²) in [6, 6.07) is 2.60. The molecule has 0 aromatic heterocycles. The highest BCUT2D eigenvalue weighted by Crippen LogP contribution is 2.21. The summed E-state index contributed by atoms with van der Waals surface area (Å²) in [6.45, 7) is 7.34. The average molecular weight is 270 g/mol. The van der Waals surface area contributed by atoms with Crippen LogP contribution in [0.5, 0.6) is 0 Å². The molecule has 0 aliphatic heterocycles. The van der Waals surface area contributed by atoms with Crippen molar-refractivity contribution in [2.24, 2.45) is 0 Å². The topological polar surface area (TPSA) is 18.5 Å². The van der Waals surface area contributed by atoms with Gasteiger partial charge in [-0.25, -0.2) is 8.78 Å². The van der Waals surface area contributed by atoms with E-state index in [9.17, 15) is 8.78 Å². The monoisotopic (exact) mass is 270 g/mol. The summed E-state index contributed by atoms with van der Waals surface area (Å²) in [5.41, 5.74) is 0.973. The molecule has 0 fully saturated rings. The number of hydrogen-bond acceptors (Lipinski definition) is 2. The van der Waals surface area contributed by atoms with Crippen LogP contribution in [0, 0.1) is 18.6 Å². The summed E-state index contributed by atoms with van der Waals surface area (Å²) in [6.07, 6.45) is 3.38. The number of rotatable bonds is 4. The molecule has 19 heavy (non-hydrogen) atoms. The Morgan fingerprint density at radius 2 is 1.79 bits per heavy atom. The highest BCUT2D eigenvalue weighted by molar-refractivity contribution is 5.62. The second-order valence-corrected chi connectivity index (χ2v) is 3.95. The molecule has 0 aliphatic rings. The van der Waals surface area contributed by atoms with E-state index in [2.05, 4.69) is 16.1 Å². The summed E-state index contributed by atoms with van der Waals surface area (Å²) in [5.74, 6) is -1.08. The second-order valence-electron chi connectivity index (χ2n) is 3.95. The highest BCUT2D eigenvalue weighted by atomic mass is 19.1. The molecule has 4 heteroatoms. The Bertz CT molecular complexity index is 417. The first-order valence-corrected chi connectivity index (χ1v) is 5.72. The number of benzene rings is 1. The Kier molecular flexibility index (Phi) is 8.46. The zero-order valence-corrected chi connectivity index (χ0v) is 11.8. The average Bonchev–Trinajstić information content (AvgIpc) is 2.28. The van der Waals surface area contributed by atoms with Gasteiger partial charge in [-0.3, -0.25) is 0 Å². The first-order valence-electron chi connectivity index (χ1n) is 5.72. The molecule has 0 saturated carbocycles. The van der Waals surface area contributed by atoms with Crippen molar-refractivity contribution in [3.63, 3.8) is 0 Å². The van der Waals surface area contributed by atoms with Crippen LogP contribution >= 0.6 is 0 Å². The SMILES string of the molecule is C=C(C)c1c(F)cc(C)cc1F.CO/C=C/COC. The molecular formula is C15H20F2O2. The number of allylic oxidation sites excluding steroid dienone is 1. The number of aryl methyl sites for hydroxylation is 1. The molecule has 0 radical (unpaired) electrons. The van der Waals surface area contributed by atoms with Gasteiger partial charge in [-0.2, -0.15) is 0 Å². The van der Waals surface area contributed by atoms with Crippen LogP contribution in [0.3, 0.4) is 0 Å². The van der Waals surface area contributed by atoms with E-state index in [1.807, 2.05) is 0 Å². The Balaban J connectivity index is 0.000000399. The minimum absolute atomic E-state index is 0.0133. The fourth-order valence-electron chi connectivity index (χ4n) is 1.34. The van der Waals surface area contributed by atoms with Crippen LogP contribution in [-0.2, 0) is 9.47 Å². The van der Waals surface area contributed by atoms with Crippen molar-refractivity contribution >= 4 is 5.57 Å². The largest absolute Gasteiger partial charge is 0.505 e. The molecule has 0 saturated heterocycles. The van der Waals surface area contributed by atoms with Crippen molar-refractivity contribution in [3.8, 4) is 0 Å². The Morgan fingerprint density at radius 1 is 1.26 bits per heavy atom. The van der Waals surface area contributed by atoms with Crippen LogP contribution in [0.2, 0.25) is 0 Å². The van der Waals surface area contributed by atoms with Crippen LogP contribution in [0.15, 0.2) is 31.0 Å². The van der Waals surface area contributed by atoms with Gasteiger partial charge in [0.15, 0.2) is 0 Å². The molecule has 1 aromatic rings. The van der Waals surface area contributed by atoms with Crippen LogP contribution in [0.1, 0.15) is 18.1 Å². The molecule has 0 heterocycles. The van der Waals surface area contributed by atoms with Crippen molar-refractivity contribution in [1.82, 2.24) is 0 Å². The standard InChI is InChI=1S/C10H10F2.C5H10O2/c1-6(2)10-8(11)4-7(3)5-9(10)12;1-6-4-3-5-7-2/h4-5H,1H2,2-3H3;3-4H,5H2,1-2H3/b;4-3+. The molecule has 2 nitrogen and oxygen atoms in total. The molecule has 0 spiro atoms. The summed E-state index contributed by atoms with van der Waals surface area (Å²) in [4.78, 5) is 0. The first kappa shape index (κ1) is 17.3. The molecule has 0 unspecified atom stereocenters. The van der Waals surface area contributed by atoms with E-state index < -0.39 is 11.6 Å². The lowest BCUT2D eigenvalue weighted by Gasteiger charge is -2.04. The van der Waals surface area contributed by atoms with Crippen molar-refractivity contribution in [1.29, 1.82) is 0 Å². The van der Waals surface area contributed by atoms with Crippen molar-refractivity contribution in [2.75, 3.05) is 20.8 Å². The highest BCUT2D eigenvalue weighted by Gasteiger charge is 2.09. The van der Waals surface area contributed by atoms with Crippen LogP contribution < -0.4 is 0 Å².